The molecule has 0 heterocycles. The van der Waals surface area contributed by atoms with E-state index >= 15 is 0 Å². The van der Waals surface area contributed by atoms with Gasteiger partial charge in [0, 0.05) is 12.8 Å². The number of rotatable bonds is 6. The number of Topliss-reactive ketones (excluding diaryl/α,β-unsaturated/α-hetero) is 1. The van der Waals surface area contributed by atoms with Crippen LogP contribution in [0.15, 0.2) is 0 Å². The van der Waals surface area contributed by atoms with Gasteiger partial charge in [0.05, 0.1) is 11.4 Å². The summed E-state index contributed by atoms with van der Waals surface area (Å²) < 4.78 is 33.4. The summed E-state index contributed by atoms with van der Waals surface area (Å²) in [6.45, 7) is 10.9. The van der Waals surface area contributed by atoms with Gasteiger partial charge in [-0.15, -0.1) is 0 Å². The average molecular weight is 483 g/mol. The molecule has 0 aromatic carbocycles. The van der Waals surface area contributed by atoms with Crippen LogP contribution in [0.4, 0.5) is 0 Å². The molecular formula is C27H46O5S. The summed E-state index contributed by atoms with van der Waals surface area (Å²) in [5.41, 5.74) is 0.365. The molecule has 0 radical (unpaired) electrons. The molecule has 2 N–H and O–H groups in total. The molecule has 4 fully saturated rings. The summed E-state index contributed by atoms with van der Waals surface area (Å²) in [6.07, 6.45) is 8.75. The van der Waals surface area contributed by atoms with Crippen LogP contribution in [0.25, 0.3) is 0 Å². The number of carbonyl (C=O) groups is 1. The van der Waals surface area contributed by atoms with Gasteiger partial charge in [-0.1, -0.05) is 34.6 Å². The molecule has 6 heteroatoms. The number of carbonyl (C=O) groups excluding carboxylic acids is 1. The molecule has 0 saturated heterocycles. The van der Waals surface area contributed by atoms with Gasteiger partial charge in [-0.05, 0) is 104 Å². The molecule has 0 bridgehead atoms. The fourth-order valence-corrected chi connectivity index (χ4v) is 10.6. The molecule has 0 amide bonds. The largest absolute Gasteiger partial charge is 0.393 e. The molecule has 0 aromatic heterocycles. The zero-order valence-electron chi connectivity index (χ0n) is 21.3. The van der Waals surface area contributed by atoms with Crippen LogP contribution in [0.2, 0.25) is 0 Å². The van der Waals surface area contributed by atoms with Crippen molar-refractivity contribution in [3.05, 3.63) is 0 Å². The van der Waals surface area contributed by atoms with E-state index < -0.39 is 15.4 Å². The second-order valence-corrected chi connectivity index (χ2v) is 14.8. The first-order valence-corrected chi connectivity index (χ1v) is 15.0. The Hall–Kier alpha value is -0.460. The number of ketones is 1. The zero-order chi connectivity index (χ0) is 24.3. The maximum Gasteiger partial charge on any atom is 0.268 e. The van der Waals surface area contributed by atoms with Crippen molar-refractivity contribution in [2.24, 2.45) is 52.3 Å². The standard InChI is InChI=1S/C27H46O5S/c1-16(2)24(33(30,31)32)9-6-17(3)20-7-8-21-25-22(11-13-27(20,21)5)26(4)12-10-19(28)14-18(26)15-23(25)29/h16-18,20-25,29H,6-15H2,1-5H3,(H,30,31,32)/t17-,18+,20?,21?,22?,23+,24-,25?,26+,27-/m1/s1. The first-order valence-electron chi connectivity index (χ1n) is 13.4. The van der Waals surface area contributed by atoms with E-state index in [0.717, 1.165) is 38.5 Å². The van der Waals surface area contributed by atoms with Crippen molar-refractivity contribution in [2.75, 3.05) is 0 Å². The Kier molecular flexibility index (Phi) is 6.90. The van der Waals surface area contributed by atoms with Gasteiger partial charge in [0.2, 0.25) is 0 Å². The predicted molar refractivity (Wildman–Crippen MR) is 130 cm³/mol. The van der Waals surface area contributed by atoms with Gasteiger partial charge in [0.1, 0.15) is 5.78 Å². The molecule has 4 rings (SSSR count). The van der Waals surface area contributed by atoms with Crippen LogP contribution >= 0.6 is 0 Å². The van der Waals surface area contributed by atoms with E-state index in [4.69, 9.17) is 0 Å². The van der Waals surface area contributed by atoms with Crippen LogP contribution in [0.5, 0.6) is 0 Å². The van der Waals surface area contributed by atoms with Gasteiger partial charge in [-0.25, -0.2) is 0 Å². The summed E-state index contributed by atoms with van der Waals surface area (Å²) in [4.78, 5) is 12.2. The molecule has 190 valence electrons. The van der Waals surface area contributed by atoms with E-state index in [1.54, 1.807) is 0 Å². The quantitative estimate of drug-likeness (QED) is 0.487. The van der Waals surface area contributed by atoms with E-state index in [-0.39, 0.29) is 22.9 Å². The lowest BCUT2D eigenvalue weighted by molar-refractivity contribution is -0.168. The Balaban J connectivity index is 1.50. The van der Waals surface area contributed by atoms with Crippen molar-refractivity contribution in [2.45, 2.75) is 110 Å². The van der Waals surface area contributed by atoms with Crippen molar-refractivity contribution in [1.29, 1.82) is 0 Å². The molecule has 4 unspecified atom stereocenters. The van der Waals surface area contributed by atoms with Crippen molar-refractivity contribution in [1.82, 2.24) is 0 Å². The third kappa shape index (κ3) is 4.35. The van der Waals surface area contributed by atoms with Crippen molar-refractivity contribution in [3.8, 4) is 0 Å². The van der Waals surface area contributed by atoms with Gasteiger partial charge in [0.25, 0.3) is 10.1 Å². The molecule has 4 aliphatic carbocycles. The summed E-state index contributed by atoms with van der Waals surface area (Å²) in [5.74, 6) is 2.90. The summed E-state index contributed by atoms with van der Waals surface area (Å²) in [7, 11) is -4.02. The summed E-state index contributed by atoms with van der Waals surface area (Å²) in [6, 6.07) is 0. The fraction of sp³-hybridized carbons (Fsp3) is 0.963. The van der Waals surface area contributed by atoms with Crippen LogP contribution in [0.3, 0.4) is 0 Å². The van der Waals surface area contributed by atoms with Crippen LogP contribution in [-0.4, -0.2) is 35.2 Å². The number of fused-ring (bicyclic) bond motifs is 5. The van der Waals surface area contributed by atoms with Crippen LogP contribution in [0.1, 0.15) is 98.8 Å². The van der Waals surface area contributed by atoms with E-state index in [1.807, 2.05) is 13.8 Å². The van der Waals surface area contributed by atoms with Gasteiger partial charge in [-0.2, -0.15) is 8.42 Å². The normalized spacial score (nSPS) is 45.3. The van der Waals surface area contributed by atoms with Gasteiger partial charge >= 0.3 is 0 Å². The summed E-state index contributed by atoms with van der Waals surface area (Å²) in [5, 5.41) is 10.7. The average Bonchev–Trinajstić information content (AvgIpc) is 3.05. The first-order chi connectivity index (χ1) is 15.3. The Morgan fingerprint density at radius 3 is 2.30 bits per heavy atom. The molecule has 0 aliphatic heterocycles. The predicted octanol–water partition coefficient (Wildman–Crippen LogP) is 5.51. The third-order valence-corrected chi connectivity index (χ3v) is 12.8. The lowest BCUT2D eigenvalue weighted by Crippen LogP contribution is -2.58. The minimum Gasteiger partial charge on any atom is -0.393 e. The molecule has 5 nitrogen and oxygen atoms in total. The highest BCUT2D eigenvalue weighted by molar-refractivity contribution is 7.86. The molecular weight excluding hydrogens is 436 g/mol. The topological polar surface area (TPSA) is 91.7 Å². The lowest BCUT2D eigenvalue weighted by Gasteiger charge is -2.62. The minimum absolute atomic E-state index is 0.0944. The van der Waals surface area contributed by atoms with Gasteiger partial charge in [-0.3, -0.25) is 9.35 Å². The minimum atomic E-state index is -4.02. The monoisotopic (exact) mass is 482 g/mol. The molecule has 4 aliphatic rings. The highest BCUT2D eigenvalue weighted by Gasteiger charge is 2.62. The third-order valence-electron chi connectivity index (χ3n) is 11.3. The molecule has 0 aromatic rings. The highest BCUT2D eigenvalue weighted by atomic mass is 32.2. The Labute approximate surface area is 201 Å². The smallest absolute Gasteiger partial charge is 0.268 e. The maximum absolute atomic E-state index is 12.2. The van der Waals surface area contributed by atoms with E-state index in [1.165, 1.54) is 6.42 Å². The van der Waals surface area contributed by atoms with Crippen molar-refractivity contribution >= 4 is 15.9 Å². The molecule has 33 heavy (non-hydrogen) atoms. The van der Waals surface area contributed by atoms with Crippen molar-refractivity contribution < 1.29 is 22.9 Å². The second-order valence-electron chi connectivity index (χ2n) is 13.1. The lowest BCUT2D eigenvalue weighted by atomic mass is 9.44. The Bertz CT molecular complexity index is 853. The number of hydrogen-bond acceptors (Lipinski definition) is 4. The summed E-state index contributed by atoms with van der Waals surface area (Å²) >= 11 is 0. The second kappa shape index (κ2) is 8.89. The highest BCUT2D eigenvalue weighted by Crippen LogP contribution is 2.68. The van der Waals surface area contributed by atoms with E-state index in [0.29, 0.717) is 60.6 Å². The van der Waals surface area contributed by atoms with E-state index in [2.05, 4.69) is 20.8 Å². The Morgan fingerprint density at radius 2 is 1.67 bits per heavy atom. The first kappa shape index (κ1) is 25.6. The van der Waals surface area contributed by atoms with Crippen LogP contribution in [-0.2, 0) is 14.9 Å². The molecule has 4 saturated carbocycles. The van der Waals surface area contributed by atoms with Crippen LogP contribution < -0.4 is 0 Å². The maximum atomic E-state index is 12.2. The zero-order valence-corrected chi connectivity index (χ0v) is 22.1. The number of aliphatic hydroxyl groups is 1. The number of hydrogen-bond donors (Lipinski definition) is 2. The van der Waals surface area contributed by atoms with E-state index in [9.17, 15) is 22.9 Å². The molecule has 10 atom stereocenters. The number of aliphatic hydroxyl groups excluding tert-OH is 1. The SMILES string of the molecule is CC(C)[C@@H](CC[C@@H](C)C1CCC2C3C(CC[C@@]21C)[C@@]1(C)CCC(=O)C[C@H]1C[C@@H]3O)S(=O)(=O)O. The van der Waals surface area contributed by atoms with Crippen LogP contribution in [0, 0.1) is 52.3 Å². The Morgan fingerprint density at radius 1 is 1.00 bits per heavy atom. The fourth-order valence-electron chi connectivity index (χ4n) is 9.44. The molecule has 0 spiro atoms. The van der Waals surface area contributed by atoms with Gasteiger partial charge in [0.15, 0.2) is 0 Å². The van der Waals surface area contributed by atoms with Crippen molar-refractivity contribution in [3.63, 3.8) is 0 Å². The van der Waals surface area contributed by atoms with Gasteiger partial charge < -0.3 is 5.11 Å².